The molecule has 0 bridgehead atoms. The summed E-state index contributed by atoms with van der Waals surface area (Å²) in [6, 6.07) is 17.2. The number of carbonyl (C=O) groups is 1. The molecule has 2 aromatic carbocycles. The van der Waals surface area contributed by atoms with Crippen molar-refractivity contribution in [3.05, 3.63) is 83.2 Å². The standard InChI is InChI=1S/C26H27N3O2/c1-29(21-8-6-18(7-9-21)17-2-3-17)22-10-11-23-19(14-22)4-5-20(23)15-28-25-16-27-13-12-24(25)26(30)31/h6-14,16-17,20,28H,2-5,15H2,1H3,(H,30,31). The molecule has 2 aliphatic rings. The summed E-state index contributed by atoms with van der Waals surface area (Å²) in [5.74, 6) is 0.215. The van der Waals surface area contributed by atoms with Gasteiger partial charge >= 0.3 is 5.97 Å². The Kier molecular flexibility index (Phi) is 5.10. The summed E-state index contributed by atoms with van der Waals surface area (Å²) < 4.78 is 0. The minimum atomic E-state index is -0.936. The Balaban J connectivity index is 1.29. The predicted molar refractivity (Wildman–Crippen MR) is 124 cm³/mol. The van der Waals surface area contributed by atoms with Crippen LogP contribution in [0.3, 0.4) is 0 Å². The Morgan fingerprint density at radius 3 is 2.61 bits per heavy atom. The molecule has 1 atom stereocenters. The third-order valence-electron chi connectivity index (χ3n) is 6.64. The lowest BCUT2D eigenvalue weighted by atomic mass is 10.0. The fourth-order valence-corrected chi connectivity index (χ4v) is 4.60. The van der Waals surface area contributed by atoms with E-state index in [0.29, 0.717) is 18.2 Å². The number of aryl methyl sites for hydroxylation is 1. The molecule has 1 aromatic heterocycles. The molecule has 31 heavy (non-hydrogen) atoms. The highest BCUT2D eigenvalue weighted by atomic mass is 16.4. The minimum Gasteiger partial charge on any atom is -0.478 e. The van der Waals surface area contributed by atoms with Crippen LogP contribution in [0.4, 0.5) is 17.1 Å². The van der Waals surface area contributed by atoms with Gasteiger partial charge in [0.25, 0.3) is 0 Å². The van der Waals surface area contributed by atoms with Crippen molar-refractivity contribution in [2.24, 2.45) is 0 Å². The number of carboxylic acid groups (broad SMARTS) is 1. The quantitative estimate of drug-likeness (QED) is 0.530. The number of nitrogens with zero attached hydrogens (tertiary/aromatic N) is 2. The van der Waals surface area contributed by atoms with Crippen LogP contribution in [0.2, 0.25) is 0 Å². The smallest absolute Gasteiger partial charge is 0.337 e. The minimum absolute atomic E-state index is 0.262. The zero-order chi connectivity index (χ0) is 21.4. The highest BCUT2D eigenvalue weighted by Gasteiger charge is 2.25. The Morgan fingerprint density at radius 2 is 1.87 bits per heavy atom. The van der Waals surface area contributed by atoms with Crippen molar-refractivity contribution >= 4 is 23.0 Å². The molecular weight excluding hydrogens is 386 g/mol. The van der Waals surface area contributed by atoms with Crippen molar-refractivity contribution in [3.8, 4) is 0 Å². The number of hydrogen-bond donors (Lipinski definition) is 2. The molecule has 0 aliphatic heterocycles. The van der Waals surface area contributed by atoms with E-state index in [9.17, 15) is 9.90 Å². The van der Waals surface area contributed by atoms with Crippen LogP contribution in [0.5, 0.6) is 0 Å². The molecule has 1 saturated carbocycles. The van der Waals surface area contributed by atoms with Crippen molar-refractivity contribution in [1.82, 2.24) is 4.98 Å². The van der Waals surface area contributed by atoms with Crippen LogP contribution in [0, 0.1) is 0 Å². The Morgan fingerprint density at radius 1 is 1.10 bits per heavy atom. The maximum absolute atomic E-state index is 11.4. The highest BCUT2D eigenvalue weighted by molar-refractivity contribution is 5.93. The highest BCUT2D eigenvalue weighted by Crippen LogP contribution is 2.41. The lowest BCUT2D eigenvalue weighted by Gasteiger charge is -2.21. The van der Waals surface area contributed by atoms with Gasteiger partial charge in [0.15, 0.2) is 0 Å². The van der Waals surface area contributed by atoms with Crippen LogP contribution >= 0.6 is 0 Å². The molecule has 5 nitrogen and oxygen atoms in total. The Bertz CT molecular complexity index is 1110. The summed E-state index contributed by atoms with van der Waals surface area (Å²) in [4.78, 5) is 17.7. The van der Waals surface area contributed by atoms with E-state index in [-0.39, 0.29) is 5.56 Å². The average Bonchev–Trinajstić information content (AvgIpc) is 3.57. The lowest BCUT2D eigenvalue weighted by molar-refractivity contribution is 0.0698. The Labute approximate surface area is 182 Å². The topological polar surface area (TPSA) is 65.5 Å². The molecule has 158 valence electrons. The van der Waals surface area contributed by atoms with E-state index in [2.05, 4.69) is 64.7 Å². The SMILES string of the molecule is CN(c1ccc(C2CC2)cc1)c1ccc2c(c1)CCC2CNc1cnccc1C(=O)O. The van der Waals surface area contributed by atoms with Gasteiger partial charge in [0.1, 0.15) is 0 Å². The van der Waals surface area contributed by atoms with Gasteiger partial charge in [0, 0.05) is 37.1 Å². The number of benzene rings is 2. The summed E-state index contributed by atoms with van der Waals surface area (Å²) in [7, 11) is 2.12. The summed E-state index contributed by atoms with van der Waals surface area (Å²) in [6.07, 6.45) is 7.86. The van der Waals surface area contributed by atoms with Crippen LogP contribution in [0.15, 0.2) is 60.9 Å². The van der Waals surface area contributed by atoms with Gasteiger partial charge < -0.3 is 15.3 Å². The van der Waals surface area contributed by atoms with Crippen molar-refractivity contribution in [3.63, 3.8) is 0 Å². The molecule has 5 rings (SSSR count). The molecule has 3 aromatic rings. The third-order valence-corrected chi connectivity index (χ3v) is 6.64. The number of pyridine rings is 1. The maximum atomic E-state index is 11.4. The molecule has 1 unspecified atom stereocenters. The summed E-state index contributed by atoms with van der Waals surface area (Å²) >= 11 is 0. The molecular formula is C26H27N3O2. The number of fused-ring (bicyclic) bond motifs is 1. The number of aromatic carboxylic acids is 1. The largest absolute Gasteiger partial charge is 0.478 e. The molecule has 2 N–H and O–H groups in total. The molecule has 0 saturated heterocycles. The first-order valence-electron chi connectivity index (χ1n) is 11.0. The van der Waals surface area contributed by atoms with E-state index in [0.717, 1.165) is 18.8 Å². The van der Waals surface area contributed by atoms with Crippen molar-refractivity contribution < 1.29 is 9.90 Å². The number of rotatable bonds is 7. The van der Waals surface area contributed by atoms with Gasteiger partial charge in [-0.05, 0) is 78.6 Å². The van der Waals surface area contributed by atoms with Crippen LogP contribution in [0.25, 0.3) is 0 Å². The van der Waals surface area contributed by atoms with Crippen LogP contribution in [-0.4, -0.2) is 29.7 Å². The second kappa shape index (κ2) is 8.06. The Hall–Kier alpha value is -3.34. The van der Waals surface area contributed by atoms with Gasteiger partial charge in [0.05, 0.1) is 17.4 Å². The molecule has 1 heterocycles. The van der Waals surface area contributed by atoms with Crippen LogP contribution < -0.4 is 10.2 Å². The van der Waals surface area contributed by atoms with E-state index in [1.165, 1.54) is 53.2 Å². The molecule has 0 spiro atoms. The first-order valence-corrected chi connectivity index (χ1v) is 11.0. The van der Waals surface area contributed by atoms with E-state index >= 15 is 0 Å². The number of aromatic nitrogens is 1. The van der Waals surface area contributed by atoms with E-state index in [1.807, 2.05) is 0 Å². The molecule has 2 aliphatic carbocycles. The zero-order valence-corrected chi connectivity index (χ0v) is 17.7. The fraction of sp³-hybridized carbons (Fsp3) is 0.308. The predicted octanol–water partition coefficient (Wildman–Crippen LogP) is 5.57. The molecule has 0 radical (unpaired) electrons. The zero-order valence-electron chi connectivity index (χ0n) is 17.7. The van der Waals surface area contributed by atoms with Crippen LogP contribution in [0.1, 0.15) is 58.1 Å². The number of carboxylic acids is 1. The van der Waals surface area contributed by atoms with Gasteiger partial charge in [-0.15, -0.1) is 0 Å². The van der Waals surface area contributed by atoms with Gasteiger partial charge in [-0.2, -0.15) is 0 Å². The molecule has 1 fully saturated rings. The van der Waals surface area contributed by atoms with Crippen molar-refractivity contribution in [1.29, 1.82) is 0 Å². The van der Waals surface area contributed by atoms with Crippen molar-refractivity contribution in [2.75, 3.05) is 23.8 Å². The number of anilines is 3. The third kappa shape index (κ3) is 4.00. The summed E-state index contributed by atoms with van der Waals surface area (Å²) in [6.45, 7) is 0.705. The van der Waals surface area contributed by atoms with Gasteiger partial charge in [-0.3, -0.25) is 4.98 Å². The monoisotopic (exact) mass is 413 g/mol. The molecule has 0 amide bonds. The summed E-state index contributed by atoms with van der Waals surface area (Å²) in [5, 5.41) is 12.7. The second-order valence-electron chi connectivity index (χ2n) is 8.65. The van der Waals surface area contributed by atoms with E-state index in [1.54, 1.807) is 6.20 Å². The van der Waals surface area contributed by atoms with Gasteiger partial charge in [0.2, 0.25) is 0 Å². The fourth-order valence-electron chi connectivity index (χ4n) is 4.60. The number of hydrogen-bond acceptors (Lipinski definition) is 4. The first-order chi connectivity index (χ1) is 15.1. The van der Waals surface area contributed by atoms with E-state index < -0.39 is 5.97 Å². The number of nitrogens with one attached hydrogen (secondary N) is 1. The lowest BCUT2D eigenvalue weighted by Crippen LogP contribution is -2.13. The normalized spacial score (nSPS) is 17.3. The maximum Gasteiger partial charge on any atom is 0.337 e. The van der Waals surface area contributed by atoms with Gasteiger partial charge in [-0.25, -0.2) is 4.79 Å². The first kappa shape index (κ1) is 19.6. The van der Waals surface area contributed by atoms with E-state index in [4.69, 9.17) is 0 Å². The molecule has 5 heteroatoms. The second-order valence-corrected chi connectivity index (χ2v) is 8.65. The summed E-state index contributed by atoms with van der Waals surface area (Å²) in [5.41, 5.74) is 7.45. The van der Waals surface area contributed by atoms with Crippen LogP contribution in [-0.2, 0) is 6.42 Å². The average molecular weight is 414 g/mol. The van der Waals surface area contributed by atoms with Crippen molar-refractivity contribution in [2.45, 2.75) is 37.5 Å². The van der Waals surface area contributed by atoms with Gasteiger partial charge in [-0.1, -0.05) is 18.2 Å².